The molecule has 0 aliphatic rings. The van der Waals surface area contributed by atoms with Crippen LogP contribution in [0.25, 0.3) is 0 Å². The lowest BCUT2D eigenvalue weighted by Crippen LogP contribution is -2.37. The topological polar surface area (TPSA) is 79.6 Å². The van der Waals surface area contributed by atoms with Gasteiger partial charge in [0.05, 0.1) is 24.5 Å². The highest BCUT2D eigenvalue weighted by atomic mass is 16.5. The van der Waals surface area contributed by atoms with E-state index >= 15 is 0 Å². The van der Waals surface area contributed by atoms with Crippen LogP contribution in [0.1, 0.15) is 33.3 Å². The van der Waals surface area contributed by atoms with Crippen molar-refractivity contribution in [1.82, 2.24) is 4.90 Å². The molecule has 0 heterocycles. The van der Waals surface area contributed by atoms with Crippen LogP contribution in [0.2, 0.25) is 0 Å². The van der Waals surface area contributed by atoms with Gasteiger partial charge in [0.25, 0.3) is 5.91 Å². The highest BCUT2D eigenvalue weighted by molar-refractivity contribution is 5.81. The largest absolute Gasteiger partial charge is 0.491 e. The lowest BCUT2D eigenvalue weighted by Gasteiger charge is -2.21. The Kier molecular flexibility index (Phi) is 8.48. The van der Waals surface area contributed by atoms with Gasteiger partial charge in [0.15, 0.2) is 6.61 Å². The maximum atomic E-state index is 12.1. The minimum absolute atomic E-state index is 0.0515. The molecule has 1 aromatic rings. The molecule has 1 amide bonds. The molecule has 1 rings (SSSR count). The minimum atomic E-state index is -0.473. The average molecular weight is 346 g/mol. The Labute approximate surface area is 149 Å². The number of amides is 1. The van der Waals surface area contributed by atoms with E-state index in [1.165, 1.54) is 4.90 Å². The van der Waals surface area contributed by atoms with Crippen LogP contribution < -0.4 is 4.74 Å². The van der Waals surface area contributed by atoms with Gasteiger partial charge in [-0.2, -0.15) is 5.26 Å². The van der Waals surface area contributed by atoms with E-state index < -0.39 is 5.97 Å². The number of hydrogen-bond donors (Lipinski definition) is 0. The molecule has 0 N–H and O–H groups in total. The van der Waals surface area contributed by atoms with Crippen molar-refractivity contribution in [3.05, 3.63) is 29.8 Å². The molecular formula is C19H26N2O4. The molecular weight excluding hydrogens is 320 g/mol. The van der Waals surface area contributed by atoms with E-state index in [2.05, 4.69) is 6.07 Å². The molecule has 0 saturated heterocycles. The minimum Gasteiger partial charge on any atom is -0.491 e. The maximum absolute atomic E-state index is 12.1. The third kappa shape index (κ3) is 7.71. The quantitative estimate of drug-likeness (QED) is 0.642. The Morgan fingerprint density at radius 2 is 2.00 bits per heavy atom. The Morgan fingerprint density at radius 1 is 1.28 bits per heavy atom. The van der Waals surface area contributed by atoms with Crippen molar-refractivity contribution in [1.29, 1.82) is 5.26 Å². The lowest BCUT2D eigenvalue weighted by molar-refractivity contribution is -0.151. The molecule has 0 spiro atoms. The first kappa shape index (κ1) is 20.5. The van der Waals surface area contributed by atoms with Gasteiger partial charge in [0.2, 0.25) is 0 Å². The highest BCUT2D eigenvalue weighted by Crippen LogP contribution is 2.15. The normalized spacial score (nSPS) is 11.5. The van der Waals surface area contributed by atoms with Crippen molar-refractivity contribution in [2.24, 2.45) is 5.92 Å². The van der Waals surface area contributed by atoms with Crippen molar-refractivity contribution in [2.75, 3.05) is 19.7 Å². The summed E-state index contributed by atoms with van der Waals surface area (Å²) in [6, 6.07) is 9.32. The first-order valence-corrected chi connectivity index (χ1v) is 8.44. The molecule has 1 unspecified atom stereocenters. The molecule has 0 fully saturated rings. The second-order valence-electron chi connectivity index (χ2n) is 6.11. The molecule has 6 nitrogen and oxygen atoms in total. The number of nitrogens with zero attached hydrogens (tertiary/aromatic N) is 2. The monoisotopic (exact) mass is 346 g/mol. The highest BCUT2D eigenvalue weighted by Gasteiger charge is 2.17. The SMILES string of the molecule is CCN(CC(C)C#N)C(=O)COC(=O)Cc1cccc(OC(C)C)c1. The van der Waals surface area contributed by atoms with Gasteiger partial charge >= 0.3 is 5.97 Å². The van der Waals surface area contributed by atoms with Crippen LogP contribution in [0.5, 0.6) is 5.75 Å². The van der Waals surface area contributed by atoms with Crippen LogP contribution >= 0.6 is 0 Å². The van der Waals surface area contributed by atoms with Crippen LogP contribution in [0, 0.1) is 17.2 Å². The molecule has 6 heteroatoms. The molecule has 136 valence electrons. The van der Waals surface area contributed by atoms with Gasteiger partial charge in [0, 0.05) is 13.1 Å². The van der Waals surface area contributed by atoms with E-state index in [1.807, 2.05) is 39.0 Å². The maximum Gasteiger partial charge on any atom is 0.310 e. The molecule has 0 aliphatic carbocycles. The number of rotatable bonds is 9. The Hall–Kier alpha value is -2.55. The summed E-state index contributed by atoms with van der Waals surface area (Å²) in [6.45, 7) is 7.92. The van der Waals surface area contributed by atoms with Gasteiger partial charge in [0.1, 0.15) is 5.75 Å². The summed E-state index contributed by atoms with van der Waals surface area (Å²) in [5.74, 6) is -0.336. The summed E-state index contributed by atoms with van der Waals surface area (Å²) in [5, 5.41) is 8.84. The number of likely N-dealkylation sites (N-methyl/N-ethyl adjacent to an activating group) is 1. The second kappa shape index (κ2) is 10.3. The zero-order valence-corrected chi connectivity index (χ0v) is 15.3. The number of ether oxygens (including phenoxy) is 2. The fourth-order valence-corrected chi connectivity index (χ4v) is 2.23. The average Bonchev–Trinajstić information content (AvgIpc) is 2.57. The first-order chi connectivity index (χ1) is 11.8. The van der Waals surface area contributed by atoms with Crippen molar-refractivity contribution in [3.63, 3.8) is 0 Å². The van der Waals surface area contributed by atoms with E-state index in [4.69, 9.17) is 14.7 Å². The van der Waals surface area contributed by atoms with Crippen molar-refractivity contribution >= 4 is 11.9 Å². The summed E-state index contributed by atoms with van der Waals surface area (Å²) in [6.07, 6.45) is 0.124. The van der Waals surface area contributed by atoms with Gasteiger partial charge in [-0.25, -0.2) is 0 Å². The van der Waals surface area contributed by atoms with Gasteiger partial charge in [-0.05, 0) is 45.4 Å². The van der Waals surface area contributed by atoms with Crippen molar-refractivity contribution in [2.45, 2.75) is 40.2 Å². The molecule has 25 heavy (non-hydrogen) atoms. The van der Waals surface area contributed by atoms with Gasteiger partial charge in [-0.15, -0.1) is 0 Å². The molecule has 0 aliphatic heterocycles. The molecule has 1 aromatic carbocycles. The van der Waals surface area contributed by atoms with Crippen molar-refractivity contribution in [3.8, 4) is 11.8 Å². The third-order valence-corrected chi connectivity index (χ3v) is 3.42. The number of benzene rings is 1. The molecule has 0 aromatic heterocycles. The zero-order valence-electron chi connectivity index (χ0n) is 15.3. The Morgan fingerprint density at radius 3 is 2.60 bits per heavy atom. The van der Waals surface area contributed by atoms with Crippen LogP contribution in [0.4, 0.5) is 0 Å². The smallest absolute Gasteiger partial charge is 0.310 e. The first-order valence-electron chi connectivity index (χ1n) is 8.44. The van der Waals surface area contributed by atoms with E-state index in [1.54, 1.807) is 13.0 Å². The van der Waals surface area contributed by atoms with Crippen LogP contribution in [-0.4, -0.2) is 42.6 Å². The predicted molar refractivity (Wildman–Crippen MR) is 93.9 cm³/mol. The summed E-state index contributed by atoms with van der Waals surface area (Å²) in [5.41, 5.74) is 0.765. The summed E-state index contributed by atoms with van der Waals surface area (Å²) in [7, 11) is 0. The fraction of sp³-hybridized carbons (Fsp3) is 0.526. The van der Waals surface area contributed by atoms with Crippen molar-refractivity contribution < 1.29 is 19.1 Å². The number of hydrogen-bond acceptors (Lipinski definition) is 5. The molecule has 0 saturated carbocycles. The number of carbonyl (C=O) groups is 2. The second-order valence-corrected chi connectivity index (χ2v) is 6.11. The van der Waals surface area contributed by atoms with E-state index in [0.717, 1.165) is 5.56 Å². The standard InChI is InChI=1S/C19H26N2O4/c1-5-21(12-15(4)11-20)18(22)13-24-19(23)10-16-7-6-8-17(9-16)25-14(2)3/h6-9,14-15H,5,10,12-13H2,1-4H3. The lowest BCUT2D eigenvalue weighted by atomic mass is 10.1. The molecule has 0 radical (unpaired) electrons. The van der Waals surface area contributed by atoms with Gasteiger partial charge in [-0.3, -0.25) is 9.59 Å². The van der Waals surface area contributed by atoms with E-state index in [0.29, 0.717) is 18.8 Å². The Bertz CT molecular complexity index is 622. The van der Waals surface area contributed by atoms with Gasteiger partial charge < -0.3 is 14.4 Å². The van der Waals surface area contributed by atoms with Crippen LogP contribution in [-0.2, 0) is 20.7 Å². The van der Waals surface area contributed by atoms with E-state index in [9.17, 15) is 9.59 Å². The summed E-state index contributed by atoms with van der Waals surface area (Å²) < 4.78 is 10.7. The number of carbonyl (C=O) groups excluding carboxylic acids is 2. The predicted octanol–water partition coefficient (Wildman–Crippen LogP) is 2.57. The fourth-order valence-electron chi connectivity index (χ4n) is 2.23. The van der Waals surface area contributed by atoms with Crippen LogP contribution in [0.15, 0.2) is 24.3 Å². The van der Waals surface area contributed by atoms with Crippen LogP contribution in [0.3, 0.4) is 0 Å². The zero-order chi connectivity index (χ0) is 18.8. The van der Waals surface area contributed by atoms with Gasteiger partial charge in [-0.1, -0.05) is 12.1 Å². The Balaban J connectivity index is 2.51. The molecule has 1 atom stereocenters. The number of esters is 1. The molecule has 0 bridgehead atoms. The third-order valence-electron chi connectivity index (χ3n) is 3.42. The van der Waals surface area contributed by atoms with E-state index in [-0.39, 0.29) is 31.0 Å². The summed E-state index contributed by atoms with van der Waals surface area (Å²) in [4.78, 5) is 25.5. The number of nitriles is 1. The summed E-state index contributed by atoms with van der Waals surface area (Å²) >= 11 is 0.